The molecule has 102 valence electrons. The Morgan fingerprint density at radius 2 is 2.42 bits per heavy atom. The Balaban J connectivity index is 2.08. The van der Waals surface area contributed by atoms with Gasteiger partial charge in [0.25, 0.3) is 0 Å². The number of aromatic nitrogens is 4. The van der Waals surface area contributed by atoms with Crippen molar-refractivity contribution in [3.05, 3.63) is 11.1 Å². The van der Waals surface area contributed by atoms with Gasteiger partial charge in [0.05, 0.1) is 7.11 Å². The lowest BCUT2D eigenvalue weighted by molar-refractivity contribution is 0.401. The van der Waals surface area contributed by atoms with E-state index in [9.17, 15) is 0 Å². The van der Waals surface area contributed by atoms with Crippen LogP contribution in [0.1, 0.15) is 19.8 Å². The molecule has 1 N–H and O–H groups in total. The van der Waals surface area contributed by atoms with Crippen molar-refractivity contribution in [2.75, 3.05) is 12.9 Å². The van der Waals surface area contributed by atoms with E-state index < -0.39 is 0 Å². The summed E-state index contributed by atoms with van der Waals surface area (Å²) in [5.41, 5.74) is 1.60. The fraction of sp³-hybridized carbons (Fsp3) is 0.583. The fourth-order valence-corrected chi connectivity index (χ4v) is 4.09. The van der Waals surface area contributed by atoms with Gasteiger partial charge in [0.1, 0.15) is 11.8 Å². The lowest BCUT2D eigenvalue weighted by atomic mass is 10.1. The van der Waals surface area contributed by atoms with E-state index >= 15 is 0 Å². The highest BCUT2D eigenvalue weighted by atomic mass is 32.2. The number of hydrogen-bond acceptors (Lipinski definition) is 5. The van der Waals surface area contributed by atoms with Gasteiger partial charge in [0.15, 0.2) is 10.4 Å². The number of aromatic amines is 1. The number of thioether (sulfide) groups is 1. The van der Waals surface area contributed by atoms with Gasteiger partial charge in [-0.05, 0) is 37.7 Å². The van der Waals surface area contributed by atoms with Crippen LogP contribution in [0.3, 0.4) is 0 Å². The van der Waals surface area contributed by atoms with Crippen molar-refractivity contribution < 1.29 is 4.74 Å². The van der Waals surface area contributed by atoms with Crippen LogP contribution in [0.25, 0.3) is 11.2 Å². The van der Waals surface area contributed by atoms with Gasteiger partial charge in [-0.15, -0.1) is 0 Å². The van der Waals surface area contributed by atoms with Crippen molar-refractivity contribution in [3.63, 3.8) is 0 Å². The maximum absolute atomic E-state index is 5.42. The van der Waals surface area contributed by atoms with Crippen molar-refractivity contribution >= 4 is 35.1 Å². The van der Waals surface area contributed by atoms with E-state index in [1.54, 1.807) is 7.11 Å². The first kappa shape index (κ1) is 12.9. The molecule has 0 aliphatic carbocycles. The molecule has 0 bridgehead atoms. The number of ether oxygens (including phenoxy) is 1. The molecule has 0 aromatic carbocycles. The smallest absolute Gasteiger partial charge is 0.242 e. The van der Waals surface area contributed by atoms with Gasteiger partial charge < -0.3 is 9.72 Å². The van der Waals surface area contributed by atoms with Crippen LogP contribution in [0.15, 0.2) is 6.33 Å². The minimum atomic E-state index is 0.242. The van der Waals surface area contributed by atoms with Crippen LogP contribution >= 0.6 is 24.0 Å². The fourth-order valence-electron chi connectivity index (χ4n) is 2.54. The zero-order valence-corrected chi connectivity index (χ0v) is 12.6. The standard InChI is InChI=1S/C12H16N4OS2/c1-12(4-3-5-19-12)6-16-9-8(15-11(16)18)10(17-2)14-7-13-9/h7H,3-6H2,1-2H3,(H,15,18). The second-order valence-electron chi connectivity index (χ2n) is 5.00. The van der Waals surface area contributed by atoms with Crippen molar-refractivity contribution in [1.29, 1.82) is 0 Å². The topological polar surface area (TPSA) is 55.7 Å². The third kappa shape index (κ3) is 2.25. The van der Waals surface area contributed by atoms with Gasteiger partial charge in [-0.3, -0.25) is 4.57 Å². The van der Waals surface area contributed by atoms with Gasteiger partial charge >= 0.3 is 0 Å². The first-order valence-electron chi connectivity index (χ1n) is 6.24. The summed E-state index contributed by atoms with van der Waals surface area (Å²) in [4.78, 5) is 11.6. The molecule has 19 heavy (non-hydrogen) atoms. The Morgan fingerprint density at radius 1 is 1.58 bits per heavy atom. The second kappa shape index (κ2) is 4.79. The number of rotatable bonds is 3. The summed E-state index contributed by atoms with van der Waals surface area (Å²) >= 11 is 7.43. The molecule has 0 amide bonds. The molecule has 1 unspecified atom stereocenters. The molecular formula is C12H16N4OS2. The number of H-pyrrole nitrogens is 1. The van der Waals surface area contributed by atoms with Gasteiger partial charge in [-0.2, -0.15) is 16.7 Å². The van der Waals surface area contributed by atoms with Gasteiger partial charge in [0.2, 0.25) is 5.88 Å². The molecule has 1 aliphatic heterocycles. The van der Waals surface area contributed by atoms with Crippen LogP contribution in [0.2, 0.25) is 0 Å². The molecule has 1 aliphatic rings. The molecule has 2 aromatic heterocycles. The van der Waals surface area contributed by atoms with E-state index in [1.807, 2.05) is 11.8 Å². The van der Waals surface area contributed by atoms with Crippen molar-refractivity contribution in [3.8, 4) is 5.88 Å². The van der Waals surface area contributed by atoms with Crippen molar-refractivity contribution in [2.24, 2.45) is 0 Å². The Morgan fingerprint density at radius 3 is 3.11 bits per heavy atom. The molecule has 0 radical (unpaired) electrons. The van der Waals surface area contributed by atoms with E-state index in [-0.39, 0.29) is 4.75 Å². The molecule has 5 nitrogen and oxygen atoms in total. The molecule has 2 aromatic rings. The van der Waals surface area contributed by atoms with Gasteiger partial charge in [-0.1, -0.05) is 0 Å². The molecular weight excluding hydrogens is 280 g/mol. The first-order chi connectivity index (χ1) is 9.13. The Bertz CT molecular complexity index is 657. The zero-order valence-electron chi connectivity index (χ0n) is 11.0. The van der Waals surface area contributed by atoms with E-state index in [2.05, 4.69) is 26.4 Å². The van der Waals surface area contributed by atoms with E-state index in [1.165, 1.54) is 24.9 Å². The average molecular weight is 296 g/mol. The molecule has 1 atom stereocenters. The normalized spacial score (nSPS) is 23.1. The largest absolute Gasteiger partial charge is 0.479 e. The van der Waals surface area contributed by atoms with Crippen LogP contribution in [0.5, 0.6) is 5.88 Å². The Kier molecular flexibility index (Phi) is 3.26. The molecule has 1 saturated heterocycles. The van der Waals surface area contributed by atoms with E-state index in [0.29, 0.717) is 10.7 Å². The summed E-state index contributed by atoms with van der Waals surface area (Å²) in [6.07, 6.45) is 4.01. The van der Waals surface area contributed by atoms with Gasteiger partial charge in [-0.25, -0.2) is 4.98 Å². The van der Waals surface area contributed by atoms with Crippen molar-refractivity contribution in [1.82, 2.24) is 19.5 Å². The van der Waals surface area contributed by atoms with E-state index in [0.717, 1.165) is 17.7 Å². The Labute approximate surface area is 120 Å². The molecule has 3 rings (SSSR count). The monoisotopic (exact) mass is 296 g/mol. The maximum Gasteiger partial charge on any atom is 0.242 e. The predicted octanol–water partition coefficient (Wildman–Crippen LogP) is 2.78. The molecule has 0 spiro atoms. The summed E-state index contributed by atoms with van der Waals surface area (Å²) in [6.45, 7) is 3.17. The quantitative estimate of drug-likeness (QED) is 0.883. The first-order valence-corrected chi connectivity index (χ1v) is 7.64. The number of methoxy groups -OCH3 is 1. The second-order valence-corrected chi connectivity index (χ2v) is 7.07. The number of hydrogen-bond donors (Lipinski definition) is 1. The maximum atomic E-state index is 5.42. The van der Waals surface area contributed by atoms with Crippen molar-refractivity contribution in [2.45, 2.75) is 31.1 Å². The summed E-state index contributed by atoms with van der Waals surface area (Å²) in [7, 11) is 1.60. The minimum Gasteiger partial charge on any atom is -0.479 e. The Hall–Kier alpha value is -1.08. The number of imidazole rings is 1. The SMILES string of the molecule is COc1ncnc2c1[nH]c(=S)n2CC1(C)CCCS1. The molecule has 7 heteroatoms. The van der Waals surface area contributed by atoms with Crippen LogP contribution in [-0.2, 0) is 6.54 Å². The van der Waals surface area contributed by atoms with E-state index in [4.69, 9.17) is 17.0 Å². The molecule has 1 fully saturated rings. The highest BCUT2D eigenvalue weighted by Gasteiger charge is 2.31. The third-order valence-corrected chi connectivity index (χ3v) is 5.36. The average Bonchev–Trinajstić information content (AvgIpc) is 2.95. The summed E-state index contributed by atoms with van der Waals surface area (Å²) in [5, 5.41) is 0. The summed E-state index contributed by atoms with van der Waals surface area (Å²) in [5.74, 6) is 1.77. The number of nitrogens with zero attached hydrogens (tertiary/aromatic N) is 3. The minimum absolute atomic E-state index is 0.242. The molecule has 0 saturated carbocycles. The van der Waals surface area contributed by atoms with Crippen LogP contribution < -0.4 is 4.74 Å². The van der Waals surface area contributed by atoms with Crippen LogP contribution in [0, 0.1) is 4.77 Å². The summed E-state index contributed by atoms with van der Waals surface area (Å²) in [6, 6.07) is 0. The third-order valence-electron chi connectivity index (χ3n) is 3.51. The highest BCUT2D eigenvalue weighted by Crippen LogP contribution is 2.39. The lowest BCUT2D eigenvalue weighted by Gasteiger charge is -2.23. The predicted molar refractivity (Wildman–Crippen MR) is 79.4 cm³/mol. The van der Waals surface area contributed by atoms with Gasteiger partial charge in [0, 0.05) is 11.3 Å². The van der Waals surface area contributed by atoms with Crippen LogP contribution in [0.4, 0.5) is 0 Å². The summed E-state index contributed by atoms with van der Waals surface area (Å²) < 4.78 is 8.23. The lowest BCUT2D eigenvalue weighted by Crippen LogP contribution is -2.23. The zero-order chi connectivity index (χ0) is 13.5. The number of fused-ring (bicyclic) bond motifs is 1. The molecule has 3 heterocycles. The van der Waals surface area contributed by atoms with Crippen LogP contribution in [-0.4, -0.2) is 37.1 Å². The number of nitrogens with one attached hydrogen (secondary N) is 1. The highest BCUT2D eigenvalue weighted by molar-refractivity contribution is 8.00.